The Kier molecular flexibility index (Phi) is 6.34. The van der Waals surface area contributed by atoms with Gasteiger partial charge in [0.1, 0.15) is 10.8 Å². The van der Waals surface area contributed by atoms with Gasteiger partial charge in [-0.25, -0.2) is 4.98 Å². The number of halogens is 3. The zero-order valence-corrected chi connectivity index (χ0v) is 15.5. The molecule has 26 heavy (non-hydrogen) atoms. The topological polar surface area (TPSA) is 28.6 Å². The number of hydrogen-bond acceptors (Lipinski definition) is 4. The summed E-state index contributed by atoms with van der Waals surface area (Å²) in [5.41, 5.74) is -0.721. The van der Waals surface area contributed by atoms with Crippen molar-refractivity contribution in [2.75, 3.05) is 37.7 Å². The van der Waals surface area contributed by atoms with Crippen LogP contribution >= 0.6 is 12.2 Å². The maximum Gasteiger partial charge on any atom is 0.417 e. The zero-order valence-electron chi connectivity index (χ0n) is 14.7. The molecule has 0 bridgehead atoms. The van der Waals surface area contributed by atoms with Crippen LogP contribution in [0.3, 0.4) is 0 Å². The molecule has 0 atom stereocenters. The monoisotopic (exact) mass is 387 g/mol. The van der Waals surface area contributed by atoms with Crippen molar-refractivity contribution >= 4 is 23.0 Å². The predicted octanol–water partition coefficient (Wildman–Crippen LogP) is 3.90. The normalized spacial score (nSPS) is 19.7. The molecule has 1 aromatic rings. The Bertz CT molecular complexity index is 595. The number of pyridine rings is 1. The number of alkyl halides is 3. The number of rotatable bonds is 4. The van der Waals surface area contributed by atoms with Gasteiger partial charge in [0.15, 0.2) is 0 Å². The second kappa shape index (κ2) is 8.52. The Morgan fingerprint density at radius 1 is 1.12 bits per heavy atom. The van der Waals surface area contributed by atoms with Crippen LogP contribution in [0.1, 0.15) is 37.7 Å². The predicted molar refractivity (Wildman–Crippen MR) is 98.4 cm³/mol. The first kappa shape index (κ1) is 19.4. The van der Waals surface area contributed by atoms with Crippen LogP contribution in [-0.2, 0) is 10.9 Å². The summed E-state index contributed by atoms with van der Waals surface area (Å²) in [4.78, 5) is 8.89. The maximum absolute atomic E-state index is 12.6. The summed E-state index contributed by atoms with van der Waals surface area (Å²) in [5, 5.41) is 0. The SMILES string of the molecule is FC(F)(F)c1ccc(N2CCN(C(=S)COC3CCCCC3)CC2)nc1. The van der Waals surface area contributed by atoms with Gasteiger partial charge in [-0.05, 0) is 25.0 Å². The van der Waals surface area contributed by atoms with Crippen molar-refractivity contribution in [1.82, 2.24) is 9.88 Å². The molecular weight excluding hydrogens is 363 g/mol. The summed E-state index contributed by atoms with van der Waals surface area (Å²) in [6.07, 6.45) is 2.88. The summed E-state index contributed by atoms with van der Waals surface area (Å²) in [5.74, 6) is 0.571. The first-order valence-electron chi connectivity index (χ1n) is 9.11. The minimum absolute atomic E-state index is 0.333. The van der Waals surface area contributed by atoms with E-state index in [-0.39, 0.29) is 0 Å². The minimum Gasteiger partial charge on any atom is -0.371 e. The molecule has 1 saturated heterocycles. The highest BCUT2D eigenvalue weighted by atomic mass is 32.1. The van der Waals surface area contributed by atoms with E-state index in [4.69, 9.17) is 17.0 Å². The van der Waals surface area contributed by atoms with E-state index in [0.29, 0.717) is 31.6 Å². The average Bonchev–Trinajstić information content (AvgIpc) is 2.66. The fourth-order valence-electron chi connectivity index (χ4n) is 3.44. The van der Waals surface area contributed by atoms with Crippen molar-refractivity contribution in [2.45, 2.75) is 44.4 Å². The molecule has 8 heteroatoms. The lowest BCUT2D eigenvalue weighted by Gasteiger charge is -2.37. The van der Waals surface area contributed by atoms with E-state index in [1.165, 1.54) is 25.3 Å². The number of thiocarbonyl (C=S) groups is 1. The van der Waals surface area contributed by atoms with Gasteiger partial charge >= 0.3 is 6.18 Å². The number of piperazine rings is 1. The molecule has 0 spiro atoms. The van der Waals surface area contributed by atoms with Crippen LogP contribution in [0.15, 0.2) is 18.3 Å². The third-order valence-electron chi connectivity index (χ3n) is 5.03. The van der Waals surface area contributed by atoms with Crippen LogP contribution < -0.4 is 4.90 Å². The Morgan fingerprint density at radius 3 is 2.38 bits per heavy atom. The van der Waals surface area contributed by atoms with Gasteiger partial charge in [-0.1, -0.05) is 31.5 Å². The third kappa shape index (κ3) is 5.07. The summed E-state index contributed by atoms with van der Waals surface area (Å²) in [6, 6.07) is 2.51. The average molecular weight is 387 g/mol. The number of hydrogen-bond donors (Lipinski definition) is 0. The molecule has 144 valence electrons. The zero-order chi connectivity index (χ0) is 18.6. The lowest BCUT2D eigenvalue weighted by Crippen LogP contribution is -2.49. The minimum atomic E-state index is -4.35. The lowest BCUT2D eigenvalue weighted by atomic mass is 9.98. The van der Waals surface area contributed by atoms with E-state index in [0.717, 1.165) is 43.2 Å². The van der Waals surface area contributed by atoms with Crippen LogP contribution in [0.4, 0.5) is 19.0 Å². The second-order valence-corrected chi connectivity index (χ2v) is 7.31. The van der Waals surface area contributed by atoms with Gasteiger partial charge in [-0.3, -0.25) is 0 Å². The molecule has 0 unspecified atom stereocenters. The van der Waals surface area contributed by atoms with Gasteiger partial charge in [0.05, 0.1) is 18.3 Å². The maximum atomic E-state index is 12.6. The van der Waals surface area contributed by atoms with Crippen molar-refractivity contribution in [1.29, 1.82) is 0 Å². The molecule has 2 heterocycles. The second-order valence-electron chi connectivity index (χ2n) is 6.84. The molecule has 1 saturated carbocycles. The fraction of sp³-hybridized carbons (Fsp3) is 0.667. The lowest BCUT2D eigenvalue weighted by molar-refractivity contribution is -0.137. The fourth-order valence-corrected chi connectivity index (χ4v) is 3.69. The van der Waals surface area contributed by atoms with Crippen molar-refractivity contribution in [2.24, 2.45) is 0 Å². The molecular formula is C18H24F3N3OS. The summed E-state index contributed by atoms with van der Waals surface area (Å²) >= 11 is 5.50. The standard InChI is InChI=1S/C18H24F3N3OS/c19-18(20,21)14-6-7-16(22-12-14)23-8-10-24(11-9-23)17(26)13-25-15-4-2-1-3-5-15/h6-7,12,15H,1-5,8-11,13H2. The molecule has 2 fully saturated rings. The highest BCUT2D eigenvalue weighted by Crippen LogP contribution is 2.29. The quantitative estimate of drug-likeness (QED) is 0.731. The van der Waals surface area contributed by atoms with E-state index < -0.39 is 11.7 Å². The molecule has 2 aliphatic rings. The summed E-state index contributed by atoms with van der Waals surface area (Å²) < 4.78 is 43.8. The number of ether oxygens (including phenoxy) is 1. The van der Waals surface area contributed by atoms with Gasteiger partial charge in [-0.2, -0.15) is 13.2 Å². The molecule has 0 amide bonds. The highest BCUT2D eigenvalue weighted by molar-refractivity contribution is 7.80. The molecule has 4 nitrogen and oxygen atoms in total. The third-order valence-corrected chi connectivity index (χ3v) is 5.40. The van der Waals surface area contributed by atoms with Crippen molar-refractivity contribution < 1.29 is 17.9 Å². The van der Waals surface area contributed by atoms with Crippen LogP contribution in [0.2, 0.25) is 0 Å². The summed E-state index contributed by atoms with van der Waals surface area (Å²) in [7, 11) is 0. The van der Waals surface area contributed by atoms with Crippen LogP contribution in [0.25, 0.3) is 0 Å². The first-order chi connectivity index (χ1) is 12.4. The number of aromatic nitrogens is 1. The van der Waals surface area contributed by atoms with E-state index in [1.54, 1.807) is 0 Å². The Morgan fingerprint density at radius 2 is 1.81 bits per heavy atom. The van der Waals surface area contributed by atoms with Crippen molar-refractivity contribution in [3.63, 3.8) is 0 Å². The van der Waals surface area contributed by atoms with E-state index >= 15 is 0 Å². The largest absolute Gasteiger partial charge is 0.417 e. The number of anilines is 1. The molecule has 1 aliphatic carbocycles. The molecule has 1 aromatic heterocycles. The van der Waals surface area contributed by atoms with E-state index in [2.05, 4.69) is 9.88 Å². The van der Waals surface area contributed by atoms with Crippen LogP contribution in [0.5, 0.6) is 0 Å². The smallest absolute Gasteiger partial charge is 0.371 e. The van der Waals surface area contributed by atoms with Gasteiger partial charge in [-0.15, -0.1) is 0 Å². The molecule has 0 aromatic carbocycles. The molecule has 0 N–H and O–H groups in total. The van der Waals surface area contributed by atoms with Gasteiger partial charge in [0.2, 0.25) is 0 Å². The first-order valence-corrected chi connectivity index (χ1v) is 9.52. The van der Waals surface area contributed by atoms with E-state index in [1.807, 2.05) is 4.90 Å². The van der Waals surface area contributed by atoms with Crippen LogP contribution in [-0.4, -0.2) is 53.8 Å². The highest BCUT2D eigenvalue weighted by Gasteiger charge is 2.31. The van der Waals surface area contributed by atoms with Gasteiger partial charge in [0, 0.05) is 32.4 Å². The summed E-state index contributed by atoms with van der Waals surface area (Å²) in [6.45, 7) is 3.31. The van der Waals surface area contributed by atoms with Gasteiger partial charge < -0.3 is 14.5 Å². The molecule has 3 rings (SSSR count). The Hall–Kier alpha value is -1.41. The Balaban J connectivity index is 1.45. The van der Waals surface area contributed by atoms with Gasteiger partial charge in [0.25, 0.3) is 0 Å². The van der Waals surface area contributed by atoms with E-state index in [9.17, 15) is 13.2 Å². The molecule has 1 aliphatic heterocycles. The molecule has 0 radical (unpaired) electrons. The number of nitrogens with zero attached hydrogens (tertiary/aromatic N) is 3. The Labute approximate surface area is 157 Å². The van der Waals surface area contributed by atoms with Crippen molar-refractivity contribution in [3.05, 3.63) is 23.9 Å². The van der Waals surface area contributed by atoms with Crippen LogP contribution in [0, 0.1) is 0 Å². The van der Waals surface area contributed by atoms with Crippen molar-refractivity contribution in [3.8, 4) is 0 Å².